The molecule has 2 aromatic carbocycles. The minimum atomic E-state index is -4.68. The van der Waals surface area contributed by atoms with Gasteiger partial charge in [0.15, 0.2) is 0 Å². The van der Waals surface area contributed by atoms with Crippen molar-refractivity contribution in [2.45, 2.75) is 24.9 Å². The standard InChI is InChI=1S/C19H17F3N2OS/c1-3-16-24(15-7-5-4-6-8-15)17(25)23-18(26-16,19(20,21)22)14-11-9-13(2)10-12-14/h3-12H,1-2H3,(H,23,25)/b16-3-/t18-/m0/s1. The predicted molar refractivity (Wildman–Crippen MR) is 97.7 cm³/mol. The highest BCUT2D eigenvalue weighted by Crippen LogP contribution is 2.53. The summed E-state index contributed by atoms with van der Waals surface area (Å²) in [4.78, 5) is 11.4. The number of urea groups is 1. The summed E-state index contributed by atoms with van der Waals surface area (Å²) >= 11 is 0.582. The minimum Gasteiger partial charge on any atom is -0.311 e. The van der Waals surface area contributed by atoms with Crippen LogP contribution in [0.3, 0.4) is 0 Å². The van der Waals surface area contributed by atoms with E-state index < -0.39 is 17.1 Å². The fourth-order valence-corrected chi connectivity index (χ4v) is 3.98. The summed E-state index contributed by atoms with van der Waals surface area (Å²) in [6, 6.07) is 13.8. The third kappa shape index (κ3) is 3.07. The summed E-state index contributed by atoms with van der Waals surface area (Å²) in [5.41, 5.74) is 1.33. The number of hydrogen-bond acceptors (Lipinski definition) is 2. The number of nitrogens with one attached hydrogen (secondary N) is 1. The lowest BCUT2D eigenvalue weighted by Crippen LogP contribution is -2.60. The molecule has 1 fully saturated rings. The van der Waals surface area contributed by atoms with E-state index in [2.05, 4.69) is 5.32 Å². The largest absolute Gasteiger partial charge is 0.425 e. The predicted octanol–water partition coefficient (Wildman–Crippen LogP) is 5.53. The van der Waals surface area contributed by atoms with Crippen LogP contribution in [0.1, 0.15) is 18.1 Å². The first-order chi connectivity index (χ1) is 12.3. The van der Waals surface area contributed by atoms with Crippen LogP contribution in [0.25, 0.3) is 0 Å². The van der Waals surface area contributed by atoms with Crippen LogP contribution in [-0.4, -0.2) is 12.2 Å². The van der Waals surface area contributed by atoms with Gasteiger partial charge in [-0.1, -0.05) is 65.9 Å². The summed E-state index contributed by atoms with van der Waals surface area (Å²) in [5, 5.41) is 2.42. The van der Waals surface area contributed by atoms with Crippen molar-refractivity contribution in [3.05, 3.63) is 76.8 Å². The molecular weight excluding hydrogens is 361 g/mol. The number of thioether (sulfide) groups is 1. The zero-order valence-electron chi connectivity index (χ0n) is 14.2. The van der Waals surface area contributed by atoms with E-state index in [4.69, 9.17) is 0 Å². The average molecular weight is 378 g/mol. The minimum absolute atomic E-state index is 0.0130. The van der Waals surface area contributed by atoms with E-state index in [-0.39, 0.29) is 10.6 Å². The fourth-order valence-electron chi connectivity index (χ4n) is 2.76. The van der Waals surface area contributed by atoms with Crippen molar-refractivity contribution in [2.75, 3.05) is 4.90 Å². The second-order valence-electron chi connectivity index (χ2n) is 5.88. The number of alkyl halides is 3. The Balaban J connectivity index is 2.10. The van der Waals surface area contributed by atoms with E-state index in [1.54, 1.807) is 56.3 Å². The molecule has 1 aliphatic heterocycles. The summed E-state index contributed by atoms with van der Waals surface area (Å²) in [7, 11) is 0. The molecule has 1 aliphatic rings. The van der Waals surface area contributed by atoms with E-state index >= 15 is 0 Å². The van der Waals surface area contributed by atoms with Crippen molar-refractivity contribution in [1.29, 1.82) is 0 Å². The van der Waals surface area contributed by atoms with Crippen LogP contribution in [0.5, 0.6) is 0 Å². The quantitative estimate of drug-likeness (QED) is 0.745. The summed E-state index contributed by atoms with van der Waals surface area (Å²) in [6.07, 6.45) is -3.16. The molecule has 0 aromatic heterocycles. The second kappa shape index (κ2) is 6.72. The number of amides is 2. The Morgan fingerprint density at radius 3 is 2.23 bits per heavy atom. The van der Waals surface area contributed by atoms with Gasteiger partial charge in [-0.3, -0.25) is 4.90 Å². The number of anilines is 1. The second-order valence-corrected chi connectivity index (χ2v) is 7.11. The molecule has 7 heteroatoms. The van der Waals surface area contributed by atoms with Crippen LogP contribution >= 0.6 is 11.8 Å². The van der Waals surface area contributed by atoms with Crippen LogP contribution < -0.4 is 10.2 Å². The highest BCUT2D eigenvalue weighted by molar-refractivity contribution is 8.04. The van der Waals surface area contributed by atoms with Gasteiger partial charge in [-0.05, 0) is 31.5 Å². The van der Waals surface area contributed by atoms with E-state index in [1.807, 2.05) is 0 Å². The molecule has 1 heterocycles. The first kappa shape index (κ1) is 18.4. The first-order valence-electron chi connectivity index (χ1n) is 7.95. The molecule has 1 saturated heterocycles. The van der Waals surface area contributed by atoms with Gasteiger partial charge in [0.1, 0.15) is 0 Å². The number of rotatable bonds is 2. The van der Waals surface area contributed by atoms with E-state index in [0.717, 1.165) is 5.56 Å². The van der Waals surface area contributed by atoms with Crippen LogP contribution in [0.4, 0.5) is 23.7 Å². The lowest BCUT2D eigenvalue weighted by molar-refractivity contribution is -0.167. The van der Waals surface area contributed by atoms with Crippen molar-refractivity contribution in [3.63, 3.8) is 0 Å². The zero-order chi connectivity index (χ0) is 18.9. The van der Waals surface area contributed by atoms with Crippen LogP contribution in [-0.2, 0) is 4.87 Å². The number of allylic oxidation sites excluding steroid dienone is 1. The molecule has 3 rings (SSSR count). The lowest BCUT2D eigenvalue weighted by Gasteiger charge is -2.44. The van der Waals surface area contributed by atoms with Crippen molar-refractivity contribution in [2.24, 2.45) is 0 Å². The van der Waals surface area contributed by atoms with Gasteiger partial charge in [-0.15, -0.1) is 0 Å². The van der Waals surface area contributed by atoms with Gasteiger partial charge < -0.3 is 5.32 Å². The van der Waals surface area contributed by atoms with Crippen LogP contribution in [0, 0.1) is 6.92 Å². The van der Waals surface area contributed by atoms with Crippen LogP contribution in [0.15, 0.2) is 65.7 Å². The maximum absolute atomic E-state index is 14.1. The molecule has 1 atom stereocenters. The van der Waals surface area contributed by atoms with Crippen LogP contribution in [0.2, 0.25) is 0 Å². The maximum atomic E-state index is 14.1. The number of nitrogens with zero attached hydrogens (tertiary/aromatic N) is 1. The number of carbonyl (C=O) groups excluding carboxylic acids is 1. The monoisotopic (exact) mass is 378 g/mol. The molecule has 0 radical (unpaired) electrons. The number of aryl methyl sites for hydroxylation is 1. The fraction of sp³-hybridized carbons (Fsp3) is 0.211. The van der Waals surface area contributed by atoms with Gasteiger partial charge in [0.05, 0.1) is 10.7 Å². The van der Waals surface area contributed by atoms with Crippen molar-refractivity contribution in [3.8, 4) is 0 Å². The summed E-state index contributed by atoms with van der Waals surface area (Å²) in [6.45, 7) is 3.41. The van der Waals surface area contributed by atoms with Gasteiger partial charge in [0.25, 0.3) is 0 Å². The molecule has 0 bridgehead atoms. The Morgan fingerprint density at radius 2 is 1.69 bits per heavy atom. The summed E-state index contributed by atoms with van der Waals surface area (Å²) < 4.78 is 42.3. The van der Waals surface area contributed by atoms with Crippen molar-refractivity contribution < 1.29 is 18.0 Å². The van der Waals surface area contributed by atoms with Gasteiger partial charge >= 0.3 is 12.2 Å². The Morgan fingerprint density at radius 1 is 1.08 bits per heavy atom. The van der Waals surface area contributed by atoms with Gasteiger partial charge in [0.2, 0.25) is 4.87 Å². The van der Waals surface area contributed by atoms with E-state index in [1.165, 1.54) is 23.1 Å². The van der Waals surface area contributed by atoms with Crippen molar-refractivity contribution in [1.82, 2.24) is 5.32 Å². The molecule has 0 unspecified atom stereocenters. The number of para-hydroxylation sites is 1. The normalized spacial score (nSPS) is 22.4. The van der Waals surface area contributed by atoms with Gasteiger partial charge in [0, 0.05) is 0 Å². The number of benzene rings is 2. The Bertz CT molecular complexity index is 834. The molecule has 26 heavy (non-hydrogen) atoms. The summed E-state index contributed by atoms with van der Waals surface area (Å²) in [5.74, 6) is 0. The molecular formula is C19H17F3N2OS. The third-order valence-corrected chi connectivity index (χ3v) is 5.59. The molecule has 2 amide bonds. The third-order valence-electron chi connectivity index (χ3n) is 4.08. The maximum Gasteiger partial charge on any atom is 0.425 e. The van der Waals surface area contributed by atoms with Crippen molar-refractivity contribution >= 4 is 23.5 Å². The number of halogens is 3. The average Bonchev–Trinajstić information content (AvgIpc) is 2.61. The topological polar surface area (TPSA) is 32.3 Å². The molecule has 0 saturated carbocycles. The zero-order valence-corrected chi connectivity index (χ0v) is 15.0. The molecule has 2 aromatic rings. The Hall–Kier alpha value is -2.41. The highest BCUT2D eigenvalue weighted by Gasteiger charge is 2.61. The highest BCUT2D eigenvalue weighted by atomic mass is 32.2. The lowest BCUT2D eigenvalue weighted by atomic mass is 10.0. The molecule has 3 nitrogen and oxygen atoms in total. The van der Waals surface area contributed by atoms with Gasteiger partial charge in [-0.25, -0.2) is 4.79 Å². The molecule has 0 aliphatic carbocycles. The first-order valence-corrected chi connectivity index (χ1v) is 8.76. The Kier molecular flexibility index (Phi) is 4.75. The number of carbonyl (C=O) groups is 1. The van der Waals surface area contributed by atoms with E-state index in [9.17, 15) is 18.0 Å². The SMILES string of the molecule is C/C=C1\S[C@@](c2ccc(C)cc2)(C(F)(F)F)NC(=O)N1c1ccccc1. The van der Waals surface area contributed by atoms with E-state index in [0.29, 0.717) is 17.4 Å². The Labute approximate surface area is 153 Å². The molecule has 136 valence electrons. The molecule has 1 N–H and O–H groups in total. The molecule has 0 spiro atoms. The van der Waals surface area contributed by atoms with Gasteiger partial charge in [-0.2, -0.15) is 13.2 Å². The smallest absolute Gasteiger partial charge is 0.311 e. The number of hydrogen-bond donors (Lipinski definition) is 1.